The number of rotatable bonds is 7. The van der Waals surface area contributed by atoms with Gasteiger partial charge in [0.15, 0.2) is 0 Å². The standard InChI is InChI=1S/C17H24N2OS/c1-5-10-20-14-9-7-8-13(11-14)16(18-4)17-19-15(6-2)12(3)21-17/h7-9,11,16,18H,5-6,10H2,1-4H3. The first-order valence-corrected chi connectivity index (χ1v) is 8.37. The van der Waals surface area contributed by atoms with Gasteiger partial charge in [-0.15, -0.1) is 11.3 Å². The lowest BCUT2D eigenvalue weighted by Crippen LogP contribution is -2.17. The van der Waals surface area contributed by atoms with E-state index in [0.29, 0.717) is 0 Å². The van der Waals surface area contributed by atoms with Crippen molar-refractivity contribution < 1.29 is 4.74 Å². The van der Waals surface area contributed by atoms with E-state index in [4.69, 9.17) is 9.72 Å². The van der Waals surface area contributed by atoms with Gasteiger partial charge in [0.2, 0.25) is 0 Å². The summed E-state index contributed by atoms with van der Waals surface area (Å²) in [7, 11) is 1.98. The molecule has 1 aromatic carbocycles. The lowest BCUT2D eigenvalue weighted by atomic mass is 10.1. The van der Waals surface area contributed by atoms with Gasteiger partial charge in [-0.05, 0) is 44.5 Å². The number of thiazole rings is 1. The monoisotopic (exact) mass is 304 g/mol. The van der Waals surface area contributed by atoms with Crippen LogP contribution in [-0.2, 0) is 6.42 Å². The number of benzene rings is 1. The van der Waals surface area contributed by atoms with E-state index in [2.05, 4.69) is 38.2 Å². The largest absolute Gasteiger partial charge is 0.494 e. The molecular weight excluding hydrogens is 280 g/mol. The van der Waals surface area contributed by atoms with E-state index in [0.717, 1.165) is 30.2 Å². The molecule has 0 spiro atoms. The molecule has 3 nitrogen and oxygen atoms in total. The van der Waals surface area contributed by atoms with E-state index in [1.165, 1.54) is 16.1 Å². The average molecular weight is 304 g/mol. The molecular formula is C17H24N2OS. The van der Waals surface area contributed by atoms with E-state index in [1.807, 2.05) is 19.2 Å². The van der Waals surface area contributed by atoms with Crippen LogP contribution in [-0.4, -0.2) is 18.6 Å². The van der Waals surface area contributed by atoms with Gasteiger partial charge in [-0.25, -0.2) is 4.98 Å². The van der Waals surface area contributed by atoms with Crippen LogP contribution >= 0.6 is 11.3 Å². The maximum atomic E-state index is 5.73. The average Bonchev–Trinajstić information content (AvgIpc) is 2.87. The van der Waals surface area contributed by atoms with Crippen molar-refractivity contribution in [2.45, 2.75) is 39.7 Å². The van der Waals surface area contributed by atoms with Crippen molar-refractivity contribution in [2.24, 2.45) is 0 Å². The minimum atomic E-state index is 0.124. The molecule has 4 heteroatoms. The van der Waals surface area contributed by atoms with E-state index in [1.54, 1.807) is 11.3 Å². The van der Waals surface area contributed by atoms with Gasteiger partial charge >= 0.3 is 0 Å². The van der Waals surface area contributed by atoms with E-state index in [9.17, 15) is 0 Å². The molecule has 0 aliphatic carbocycles. The van der Waals surface area contributed by atoms with Crippen LogP contribution in [0.3, 0.4) is 0 Å². The van der Waals surface area contributed by atoms with Gasteiger partial charge in [-0.1, -0.05) is 26.0 Å². The van der Waals surface area contributed by atoms with Crippen LogP contribution in [0.25, 0.3) is 0 Å². The van der Waals surface area contributed by atoms with Crippen molar-refractivity contribution in [2.75, 3.05) is 13.7 Å². The zero-order chi connectivity index (χ0) is 15.2. The highest BCUT2D eigenvalue weighted by atomic mass is 32.1. The van der Waals surface area contributed by atoms with Crippen LogP contribution in [0.2, 0.25) is 0 Å². The van der Waals surface area contributed by atoms with Crippen LogP contribution in [0, 0.1) is 6.92 Å². The van der Waals surface area contributed by atoms with Crippen LogP contribution < -0.4 is 10.1 Å². The van der Waals surface area contributed by atoms with E-state index >= 15 is 0 Å². The molecule has 21 heavy (non-hydrogen) atoms. The molecule has 2 aromatic rings. The molecule has 1 heterocycles. The van der Waals surface area contributed by atoms with Gasteiger partial charge in [0.1, 0.15) is 10.8 Å². The quantitative estimate of drug-likeness (QED) is 0.836. The number of nitrogens with one attached hydrogen (secondary N) is 1. The third-order valence-corrected chi connectivity index (χ3v) is 4.52. The molecule has 1 atom stereocenters. The van der Waals surface area contributed by atoms with Crippen LogP contribution in [0.1, 0.15) is 47.5 Å². The summed E-state index contributed by atoms with van der Waals surface area (Å²) in [6.45, 7) is 7.17. The number of hydrogen-bond donors (Lipinski definition) is 1. The zero-order valence-electron chi connectivity index (χ0n) is 13.3. The van der Waals surface area contributed by atoms with Crippen molar-refractivity contribution in [1.29, 1.82) is 0 Å². The number of ether oxygens (including phenoxy) is 1. The van der Waals surface area contributed by atoms with Crippen molar-refractivity contribution in [1.82, 2.24) is 10.3 Å². The van der Waals surface area contributed by atoms with Gasteiger partial charge in [0, 0.05) is 4.88 Å². The van der Waals surface area contributed by atoms with Crippen LogP contribution in [0.15, 0.2) is 24.3 Å². The molecule has 0 radical (unpaired) electrons. The lowest BCUT2D eigenvalue weighted by molar-refractivity contribution is 0.317. The summed E-state index contributed by atoms with van der Waals surface area (Å²) in [6, 6.07) is 8.42. The molecule has 0 aliphatic rings. The minimum Gasteiger partial charge on any atom is -0.494 e. The third-order valence-electron chi connectivity index (χ3n) is 3.44. The number of hydrogen-bond acceptors (Lipinski definition) is 4. The topological polar surface area (TPSA) is 34.1 Å². The Morgan fingerprint density at radius 1 is 1.33 bits per heavy atom. The van der Waals surface area contributed by atoms with Crippen molar-refractivity contribution in [3.8, 4) is 5.75 Å². The predicted octanol–water partition coefficient (Wildman–Crippen LogP) is 4.11. The summed E-state index contributed by atoms with van der Waals surface area (Å²) in [4.78, 5) is 6.09. The molecule has 114 valence electrons. The molecule has 1 N–H and O–H groups in total. The molecule has 1 unspecified atom stereocenters. The summed E-state index contributed by atoms with van der Waals surface area (Å²) in [5.74, 6) is 0.929. The second kappa shape index (κ2) is 7.57. The Kier molecular flexibility index (Phi) is 5.76. The second-order valence-electron chi connectivity index (χ2n) is 5.05. The normalized spacial score (nSPS) is 12.4. The van der Waals surface area contributed by atoms with E-state index < -0.39 is 0 Å². The van der Waals surface area contributed by atoms with Crippen molar-refractivity contribution >= 4 is 11.3 Å². The van der Waals surface area contributed by atoms with Gasteiger partial charge in [-0.2, -0.15) is 0 Å². The summed E-state index contributed by atoms with van der Waals surface area (Å²) >= 11 is 1.78. The maximum absolute atomic E-state index is 5.73. The molecule has 0 bridgehead atoms. The Balaban J connectivity index is 2.27. The summed E-state index contributed by atoms with van der Waals surface area (Å²) in [5.41, 5.74) is 2.40. The Morgan fingerprint density at radius 3 is 2.76 bits per heavy atom. The Labute approximate surface area is 131 Å². The number of aromatic nitrogens is 1. The zero-order valence-corrected chi connectivity index (χ0v) is 14.1. The van der Waals surface area contributed by atoms with Crippen LogP contribution in [0.5, 0.6) is 5.75 Å². The summed E-state index contributed by atoms with van der Waals surface area (Å²) < 4.78 is 5.73. The summed E-state index contributed by atoms with van der Waals surface area (Å²) in [6.07, 6.45) is 2.00. The first-order chi connectivity index (χ1) is 10.2. The van der Waals surface area contributed by atoms with Crippen molar-refractivity contribution in [3.05, 3.63) is 45.4 Å². The first-order valence-electron chi connectivity index (χ1n) is 7.55. The SMILES string of the molecule is CCCOc1cccc(C(NC)c2nc(CC)c(C)s2)c1. The first kappa shape index (κ1) is 16.0. The minimum absolute atomic E-state index is 0.124. The highest BCUT2D eigenvalue weighted by Crippen LogP contribution is 2.29. The molecule has 2 rings (SSSR count). The molecule has 0 amide bonds. The van der Waals surface area contributed by atoms with Gasteiger partial charge in [-0.3, -0.25) is 0 Å². The number of nitrogens with zero attached hydrogens (tertiary/aromatic N) is 1. The molecule has 1 aromatic heterocycles. The Morgan fingerprint density at radius 2 is 2.14 bits per heavy atom. The van der Waals surface area contributed by atoms with Gasteiger partial charge in [0.05, 0.1) is 18.3 Å². The molecule has 0 saturated heterocycles. The van der Waals surface area contributed by atoms with Crippen LogP contribution in [0.4, 0.5) is 0 Å². The molecule has 0 fully saturated rings. The maximum Gasteiger partial charge on any atom is 0.119 e. The molecule has 0 aliphatic heterocycles. The van der Waals surface area contributed by atoms with Crippen molar-refractivity contribution in [3.63, 3.8) is 0 Å². The fraction of sp³-hybridized carbons (Fsp3) is 0.471. The van der Waals surface area contributed by atoms with Gasteiger partial charge in [0.25, 0.3) is 0 Å². The Bertz CT molecular complexity index is 580. The highest BCUT2D eigenvalue weighted by molar-refractivity contribution is 7.11. The van der Waals surface area contributed by atoms with Gasteiger partial charge < -0.3 is 10.1 Å². The summed E-state index contributed by atoms with van der Waals surface area (Å²) in [5, 5.41) is 4.50. The second-order valence-corrected chi connectivity index (χ2v) is 6.29. The smallest absolute Gasteiger partial charge is 0.119 e. The third kappa shape index (κ3) is 3.83. The fourth-order valence-corrected chi connectivity index (χ4v) is 3.49. The molecule has 0 saturated carbocycles. The van der Waals surface area contributed by atoms with E-state index in [-0.39, 0.29) is 6.04 Å². The predicted molar refractivity (Wildman–Crippen MR) is 89.4 cm³/mol. The fourth-order valence-electron chi connectivity index (χ4n) is 2.34. The number of aryl methyl sites for hydroxylation is 2. The lowest BCUT2D eigenvalue weighted by Gasteiger charge is -2.15. The Hall–Kier alpha value is -1.39. The highest BCUT2D eigenvalue weighted by Gasteiger charge is 2.18.